The van der Waals surface area contributed by atoms with Crippen LogP contribution in [0, 0.1) is 41.5 Å². The summed E-state index contributed by atoms with van der Waals surface area (Å²) in [4.78, 5) is 0. The van der Waals surface area contributed by atoms with Crippen molar-refractivity contribution >= 4 is 17.8 Å². The minimum Gasteiger partial charge on any atom is -0.388 e. The smallest absolute Gasteiger partial charge is 0.0419 e. The lowest BCUT2D eigenvalue weighted by Gasteiger charge is -2.14. The van der Waals surface area contributed by atoms with E-state index in [-0.39, 0.29) is 0 Å². The lowest BCUT2D eigenvalue weighted by Crippen LogP contribution is -1.98. The molecule has 1 heteroatoms. The number of nitrogens with one attached hydrogen (secondary N) is 1. The molecule has 156 valence electrons. The lowest BCUT2D eigenvalue weighted by molar-refractivity contribution is 1.24. The maximum absolute atomic E-state index is 3.84. The van der Waals surface area contributed by atoms with Gasteiger partial charge in [0.1, 0.15) is 0 Å². The zero-order valence-corrected chi connectivity index (χ0v) is 20.3. The summed E-state index contributed by atoms with van der Waals surface area (Å²) in [7, 11) is 1.92. The topological polar surface area (TPSA) is 12.0 Å². The number of aryl methyl sites for hydroxylation is 5. The van der Waals surface area contributed by atoms with Crippen molar-refractivity contribution in [3.63, 3.8) is 0 Å². The Morgan fingerprint density at radius 3 is 1.25 bits per heavy atom. The molecule has 1 nitrogen and oxygen atoms in total. The van der Waals surface area contributed by atoms with Crippen molar-refractivity contribution < 1.29 is 0 Å². The molecular formula is C27H43N. The van der Waals surface area contributed by atoms with Gasteiger partial charge in [0, 0.05) is 18.3 Å². The molecule has 2 aromatic carbocycles. The highest BCUT2D eigenvalue weighted by Crippen LogP contribution is 2.28. The summed E-state index contributed by atoms with van der Waals surface area (Å²) in [6, 6.07) is 6.62. The normalized spacial score (nSPS) is 8.82. The van der Waals surface area contributed by atoms with Crippen LogP contribution in [0.4, 0.5) is 5.69 Å². The number of anilines is 1. The number of rotatable bonds is 3. The Morgan fingerprint density at radius 2 is 0.964 bits per heavy atom. The van der Waals surface area contributed by atoms with Crippen molar-refractivity contribution in [1.82, 2.24) is 0 Å². The molecule has 0 saturated carbocycles. The highest BCUT2D eigenvalue weighted by Gasteiger charge is 2.07. The molecule has 0 aromatic heterocycles. The third-order valence-electron chi connectivity index (χ3n) is 4.72. The van der Waals surface area contributed by atoms with Gasteiger partial charge >= 0.3 is 0 Å². The number of hydrogen-bond acceptors (Lipinski definition) is 1. The highest BCUT2D eigenvalue weighted by molar-refractivity contribution is 5.77. The van der Waals surface area contributed by atoms with E-state index in [1.54, 1.807) is 0 Å². The third kappa shape index (κ3) is 7.76. The van der Waals surface area contributed by atoms with Crippen LogP contribution in [-0.2, 0) is 0 Å². The molecule has 0 spiro atoms. The summed E-state index contributed by atoms with van der Waals surface area (Å²) in [5, 5.41) is 3.17. The molecule has 0 atom stereocenters. The van der Waals surface area contributed by atoms with Crippen molar-refractivity contribution in [3.8, 4) is 0 Å². The quantitative estimate of drug-likeness (QED) is 0.561. The molecular weight excluding hydrogens is 338 g/mol. The molecule has 0 saturated heterocycles. The standard InChI is InChI=1S/C13H17N.C10H14.2C2H6/c1-6-11-10(4)9(3)8-13(14-5)12(11)7-2;1-7-5-9(3)10(4)6-8(7)2;2*1-2/h6-8,14H,1-2H2,3-5H3;5-6H,1-4H3;2*1-2H3. The van der Waals surface area contributed by atoms with Crippen LogP contribution in [-0.4, -0.2) is 7.05 Å². The van der Waals surface area contributed by atoms with Gasteiger partial charge in [0.25, 0.3) is 0 Å². The fourth-order valence-electron chi connectivity index (χ4n) is 2.76. The second-order valence-electron chi connectivity index (χ2n) is 6.37. The minimum atomic E-state index is 1.11. The first-order valence-electron chi connectivity index (χ1n) is 10.4. The van der Waals surface area contributed by atoms with Crippen LogP contribution in [0.2, 0.25) is 0 Å². The Hall–Kier alpha value is -2.28. The summed E-state index contributed by atoms with van der Waals surface area (Å²) in [5.74, 6) is 0. The highest BCUT2D eigenvalue weighted by atomic mass is 14.8. The largest absolute Gasteiger partial charge is 0.388 e. The van der Waals surface area contributed by atoms with Crippen LogP contribution in [0.3, 0.4) is 0 Å². The Labute approximate surface area is 175 Å². The minimum absolute atomic E-state index is 1.11. The van der Waals surface area contributed by atoms with Crippen LogP contribution >= 0.6 is 0 Å². The van der Waals surface area contributed by atoms with Crippen molar-refractivity contribution in [3.05, 3.63) is 75.9 Å². The second kappa shape index (κ2) is 14.7. The Bertz CT molecular complexity index is 701. The molecule has 0 amide bonds. The molecule has 0 heterocycles. The van der Waals surface area contributed by atoms with Gasteiger partial charge in [-0.2, -0.15) is 0 Å². The van der Waals surface area contributed by atoms with E-state index in [2.05, 4.69) is 78.2 Å². The zero-order chi connectivity index (χ0) is 22.4. The molecule has 0 fully saturated rings. The van der Waals surface area contributed by atoms with Gasteiger partial charge in [-0.25, -0.2) is 0 Å². The van der Waals surface area contributed by atoms with Gasteiger partial charge in [-0.1, -0.05) is 65.1 Å². The van der Waals surface area contributed by atoms with Crippen LogP contribution in [0.15, 0.2) is 31.4 Å². The van der Waals surface area contributed by atoms with Crippen molar-refractivity contribution in [1.29, 1.82) is 0 Å². The zero-order valence-electron chi connectivity index (χ0n) is 20.3. The number of benzene rings is 2. The maximum Gasteiger partial charge on any atom is 0.0419 e. The monoisotopic (exact) mass is 381 g/mol. The Balaban J connectivity index is 0. The predicted octanol–water partition coefficient (Wildman–Crippen LogP) is 8.60. The van der Waals surface area contributed by atoms with E-state index in [1.807, 2.05) is 46.9 Å². The first-order valence-corrected chi connectivity index (χ1v) is 10.4. The summed E-state index contributed by atoms with van der Waals surface area (Å²) in [6.07, 6.45) is 3.76. The van der Waals surface area contributed by atoms with E-state index in [9.17, 15) is 0 Å². The molecule has 0 unspecified atom stereocenters. The van der Waals surface area contributed by atoms with Gasteiger partial charge in [-0.15, -0.1) is 0 Å². The van der Waals surface area contributed by atoms with Gasteiger partial charge in [0.2, 0.25) is 0 Å². The summed E-state index contributed by atoms with van der Waals surface area (Å²) < 4.78 is 0. The molecule has 0 aliphatic rings. The average Bonchev–Trinajstić information content (AvgIpc) is 2.71. The van der Waals surface area contributed by atoms with E-state index < -0.39 is 0 Å². The SMILES string of the molecule is C=Cc1c(NC)cc(C)c(C)c1C=C.CC.CC.Cc1cc(C)c(C)cc1C. The fraction of sp³-hybridized carbons (Fsp3) is 0.407. The van der Waals surface area contributed by atoms with E-state index in [4.69, 9.17) is 0 Å². The van der Waals surface area contributed by atoms with E-state index in [0.717, 1.165) is 11.3 Å². The third-order valence-corrected chi connectivity index (χ3v) is 4.72. The summed E-state index contributed by atoms with van der Waals surface area (Å²) in [5.41, 5.74) is 11.5. The Kier molecular flexibility index (Phi) is 14.7. The van der Waals surface area contributed by atoms with Gasteiger partial charge in [-0.05, 0) is 86.6 Å². The molecule has 0 radical (unpaired) electrons. The lowest BCUT2D eigenvalue weighted by atomic mass is 9.95. The molecule has 28 heavy (non-hydrogen) atoms. The van der Waals surface area contributed by atoms with Crippen LogP contribution in [0.25, 0.3) is 12.2 Å². The van der Waals surface area contributed by atoms with Gasteiger partial charge < -0.3 is 5.32 Å². The van der Waals surface area contributed by atoms with E-state index >= 15 is 0 Å². The van der Waals surface area contributed by atoms with Crippen LogP contribution in [0.5, 0.6) is 0 Å². The van der Waals surface area contributed by atoms with E-state index in [0.29, 0.717) is 0 Å². The fourth-order valence-corrected chi connectivity index (χ4v) is 2.76. The molecule has 1 N–H and O–H groups in total. The summed E-state index contributed by atoms with van der Waals surface area (Å²) in [6.45, 7) is 28.5. The van der Waals surface area contributed by atoms with Crippen molar-refractivity contribution in [2.24, 2.45) is 0 Å². The maximum atomic E-state index is 3.84. The van der Waals surface area contributed by atoms with Gasteiger partial charge in [0.05, 0.1) is 0 Å². The Morgan fingerprint density at radius 1 is 0.607 bits per heavy atom. The molecule has 2 rings (SSSR count). The van der Waals surface area contributed by atoms with Gasteiger partial charge in [-0.3, -0.25) is 0 Å². The first kappa shape index (κ1) is 27.9. The molecule has 2 aromatic rings. The number of hydrogen-bond donors (Lipinski definition) is 1. The van der Waals surface area contributed by atoms with Crippen LogP contribution < -0.4 is 5.32 Å². The van der Waals surface area contributed by atoms with Crippen molar-refractivity contribution in [2.75, 3.05) is 12.4 Å². The second-order valence-corrected chi connectivity index (χ2v) is 6.37. The molecule has 0 aliphatic heterocycles. The van der Waals surface area contributed by atoms with Crippen molar-refractivity contribution in [2.45, 2.75) is 69.2 Å². The van der Waals surface area contributed by atoms with Gasteiger partial charge in [0.15, 0.2) is 0 Å². The average molecular weight is 382 g/mol. The predicted molar refractivity (Wildman–Crippen MR) is 134 cm³/mol. The summed E-state index contributed by atoms with van der Waals surface area (Å²) >= 11 is 0. The van der Waals surface area contributed by atoms with E-state index in [1.165, 1.54) is 38.9 Å². The van der Waals surface area contributed by atoms with Crippen LogP contribution in [0.1, 0.15) is 72.2 Å². The molecule has 0 aliphatic carbocycles. The molecule has 0 bridgehead atoms. The first-order chi connectivity index (χ1) is 13.3.